The van der Waals surface area contributed by atoms with Crippen LogP contribution in [0.4, 0.5) is 5.69 Å². The third-order valence-electron chi connectivity index (χ3n) is 6.73. The van der Waals surface area contributed by atoms with E-state index >= 15 is 0 Å². The lowest BCUT2D eigenvalue weighted by atomic mass is 9.89. The number of rotatable bonds is 9. The van der Waals surface area contributed by atoms with Crippen molar-refractivity contribution < 1.29 is 9.59 Å². The lowest BCUT2D eigenvalue weighted by Crippen LogP contribution is -2.33. The zero-order valence-corrected chi connectivity index (χ0v) is 20.5. The van der Waals surface area contributed by atoms with Crippen molar-refractivity contribution in [3.8, 4) is 0 Å². The van der Waals surface area contributed by atoms with Crippen molar-refractivity contribution in [2.24, 2.45) is 0 Å². The number of hydrogen-bond acceptors (Lipinski definition) is 4. The Morgan fingerprint density at radius 3 is 2.58 bits per heavy atom. The Kier molecular flexibility index (Phi) is 7.94. The maximum atomic E-state index is 12.9. The molecule has 0 saturated carbocycles. The highest BCUT2D eigenvalue weighted by molar-refractivity contribution is 7.17. The minimum Gasteiger partial charge on any atom is -0.322 e. The molecule has 0 atom stereocenters. The first-order chi connectivity index (χ1) is 16.1. The van der Waals surface area contributed by atoms with Crippen LogP contribution in [0, 0.1) is 0 Å². The van der Waals surface area contributed by atoms with Gasteiger partial charge in [0.05, 0.1) is 0 Å². The van der Waals surface area contributed by atoms with E-state index in [2.05, 4.69) is 34.7 Å². The molecule has 1 aliphatic heterocycles. The Bertz CT molecular complexity index is 1110. The number of unbranched alkanes of at least 4 members (excludes halogenated alkanes) is 2. The van der Waals surface area contributed by atoms with Crippen molar-refractivity contribution in [3.05, 3.63) is 64.5 Å². The molecule has 4 rings (SSSR count). The third-order valence-corrected chi connectivity index (χ3v) is 7.72. The molecule has 1 fully saturated rings. The molecule has 174 valence electrons. The van der Waals surface area contributed by atoms with Crippen molar-refractivity contribution >= 4 is 38.8 Å². The maximum absolute atomic E-state index is 12.9. The van der Waals surface area contributed by atoms with E-state index in [1.165, 1.54) is 67.4 Å². The second-order valence-electron chi connectivity index (χ2n) is 9.04. The predicted octanol–water partition coefficient (Wildman–Crippen LogP) is 7.12. The maximum Gasteiger partial charge on any atom is 0.255 e. The van der Waals surface area contributed by atoms with Gasteiger partial charge in [0.15, 0.2) is 5.78 Å². The zero-order chi connectivity index (χ0) is 23.2. The van der Waals surface area contributed by atoms with Crippen molar-refractivity contribution in [1.29, 1.82) is 0 Å². The summed E-state index contributed by atoms with van der Waals surface area (Å²) in [6, 6.07) is 13.2. The van der Waals surface area contributed by atoms with E-state index in [1.807, 2.05) is 13.0 Å². The van der Waals surface area contributed by atoms with Crippen LogP contribution >= 0.6 is 11.3 Å². The number of benzene rings is 2. The Hall–Kier alpha value is -2.50. The summed E-state index contributed by atoms with van der Waals surface area (Å²) < 4.78 is 1.27. The number of carbonyl (C=O) groups excluding carboxylic acids is 2. The number of carbonyl (C=O) groups is 2. The van der Waals surface area contributed by atoms with E-state index in [1.54, 1.807) is 35.6 Å². The highest BCUT2D eigenvalue weighted by atomic mass is 32.1. The molecule has 33 heavy (non-hydrogen) atoms. The number of fused-ring (bicyclic) bond motifs is 1. The number of nitrogens with zero attached hydrogens (tertiary/aromatic N) is 1. The van der Waals surface area contributed by atoms with Gasteiger partial charge in [-0.2, -0.15) is 0 Å². The van der Waals surface area contributed by atoms with E-state index in [9.17, 15) is 9.59 Å². The van der Waals surface area contributed by atoms with Crippen molar-refractivity contribution in [2.45, 2.75) is 58.3 Å². The van der Waals surface area contributed by atoms with Gasteiger partial charge in [-0.3, -0.25) is 9.59 Å². The number of hydrogen-bond donors (Lipinski definition) is 1. The third kappa shape index (κ3) is 5.71. The summed E-state index contributed by atoms with van der Waals surface area (Å²) in [4.78, 5) is 27.5. The molecule has 0 spiro atoms. The number of ketones is 1. The number of likely N-dealkylation sites (tertiary alicyclic amines) is 1. The number of nitrogens with one attached hydrogen (secondary N) is 1. The van der Waals surface area contributed by atoms with E-state index < -0.39 is 0 Å². The Morgan fingerprint density at radius 1 is 1.03 bits per heavy atom. The number of piperidine rings is 1. The average Bonchev–Trinajstić information content (AvgIpc) is 3.27. The highest BCUT2D eigenvalue weighted by Crippen LogP contribution is 2.38. The average molecular weight is 463 g/mol. The molecule has 1 saturated heterocycles. The van der Waals surface area contributed by atoms with E-state index in [0.29, 0.717) is 23.5 Å². The second kappa shape index (κ2) is 11.1. The summed E-state index contributed by atoms with van der Waals surface area (Å²) in [6.45, 7) is 7.67. The molecule has 0 aliphatic carbocycles. The fraction of sp³-hybridized carbons (Fsp3) is 0.429. The summed E-state index contributed by atoms with van der Waals surface area (Å²) in [5.41, 5.74) is 3.32. The van der Waals surface area contributed by atoms with Gasteiger partial charge in [0.25, 0.3) is 5.91 Å². The number of thiophene rings is 1. The van der Waals surface area contributed by atoms with Crippen LogP contribution in [0.5, 0.6) is 0 Å². The predicted molar refractivity (Wildman–Crippen MR) is 139 cm³/mol. The number of Topliss-reactive ketones (excluding diaryl/α,β-unsaturated/α-hetero) is 1. The molecule has 4 nitrogen and oxygen atoms in total. The highest BCUT2D eigenvalue weighted by Gasteiger charge is 2.23. The van der Waals surface area contributed by atoms with Gasteiger partial charge in [-0.05, 0) is 91.5 Å². The molecule has 2 aromatic carbocycles. The summed E-state index contributed by atoms with van der Waals surface area (Å²) in [6.07, 6.45) is 6.74. The standard InChI is InChI=1S/C28H34N2O2S/c1-3-5-6-14-30-15-12-20(13-16-30)25-19-33-27-11-10-23(18-24(25)27)29-28(32)22-9-7-8-21(17-22)26(31)4-2/h7-11,17-20H,3-6,12-16H2,1-2H3,(H,29,32). The lowest BCUT2D eigenvalue weighted by Gasteiger charge is -2.32. The van der Waals surface area contributed by atoms with Gasteiger partial charge in [-0.15, -0.1) is 11.3 Å². The summed E-state index contributed by atoms with van der Waals surface area (Å²) in [5, 5.41) is 6.61. The van der Waals surface area contributed by atoms with Gasteiger partial charge < -0.3 is 10.2 Å². The first-order valence-corrected chi connectivity index (χ1v) is 13.1. The topological polar surface area (TPSA) is 49.4 Å². The molecule has 1 N–H and O–H groups in total. The first kappa shape index (κ1) is 23.7. The molecular weight excluding hydrogens is 428 g/mol. The largest absolute Gasteiger partial charge is 0.322 e. The van der Waals surface area contributed by atoms with E-state index in [0.717, 1.165) is 5.69 Å². The van der Waals surface area contributed by atoms with Crippen LogP contribution in [0.25, 0.3) is 10.1 Å². The summed E-state index contributed by atoms with van der Waals surface area (Å²) in [5.74, 6) is 0.450. The van der Waals surface area contributed by atoms with Gasteiger partial charge in [-0.25, -0.2) is 0 Å². The molecule has 5 heteroatoms. The molecular formula is C28H34N2O2S. The van der Waals surface area contributed by atoms with Crippen LogP contribution in [-0.4, -0.2) is 36.2 Å². The Balaban J connectivity index is 1.45. The Labute approximate surface area is 201 Å². The molecule has 0 radical (unpaired) electrons. The molecule has 1 aliphatic rings. The van der Waals surface area contributed by atoms with E-state index in [-0.39, 0.29) is 11.7 Å². The molecule has 1 aromatic heterocycles. The van der Waals surface area contributed by atoms with Gasteiger partial charge in [0.1, 0.15) is 0 Å². The first-order valence-electron chi connectivity index (χ1n) is 12.3. The fourth-order valence-corrected chi connectivity index (χ4v) is 5.76. The fourth-order valence-electron chi connectivity index (χ4n) is 4.74. The minimum absolute atomic E-state index is 0.0467. The number of amides is 1. The van der Waals surface area contributed by atoms with Gasteiger partial charge in [0.2, 0.25) is 0 Å². The molecule has 0 bridgehead atoms. The smallest absolute Gasteiger partial charge is 0.255 e. The van der Waals surface area contributed by atoms with Gasteiger partial charge in [0, 0.05) is 27.9 Å². The number of anilines is 1. The van der Waals surface area contributed by atoms with Crippen LogP contribution in [0.2, 0.25) is 0 Å². The van der Waals surface area contributed by atoms with Crippen LogP contribution in [-0.2, 0) is 0 Å². The molecule has 3 aromatic rings. The van der Waals surface area contributed by atoms with Crippen molar-refractivity contribution in [2.75, 3.05) is 25.0 Å². The Morgan fingerprint density at radius 2 is 1.82 bits per heavy atom. The van der Waals surface area contributed by atoms with Crippen LogP contribution in [0.3, 0.4) is 0 Å². The van der Waals surface area contributed by atoms with Gasteiger partial charge in [-0.1, -0.05) is 38.8 Å². The molecule has 2 heterocycles. The van der Waals surface area contributed by atoms with E-state index in [4.69, 9.17) is 0 Å². The SMILES string of the molecule is CCCCCN1CCC(c2csc3ccc(NC(=O)c4cccc(C(=O)CC)c4)cc23)CC1. The monoisotopic (exact) mass is 462 g/mol. The molecule has 1 amide bonds. The molecule has 0 unspecified atom stereocenters. The van der Waals surface area contributed by atoms with Gasteiger partial charge >= 0.3 is 0 Å². The summed E-state index contributed by atoms with van der Waals surface area (Å²) >= 11 is 1.79. The normalized spacial score (nSPS) is 15.1. The lowest BCUT2D eigenvalue weighted by molar-refractivity contribution is 0.0988. The van der Waals surface area contributed by atoms with Crippen LogP contribution < -0.4 is 5.32 Å². The van der Waals surface area contributed by atoms with Crippen LogP contribution in [0.15, 0.2) is 47.8 Å². The van der Waals surface area contributed by atoms with Crippen molar-refractivity contribution in [1.82, 2.24) is 4.90 Å². The summed E-state index contributed by atoms with van der Waals surface area (Å²) in [7, 11) is 0. The quantitative estimate of drug-likeness (QED) is 0.272. The minimum atomic E-state index is -0.183. The second-order valence-corrected chi connectivity index (χ2v) is 9.95. The zero-order valence-electron chi connectivity index (χ0n) is 19.7. The van der Waals surface area contributed by atoms with Crippen LogP contribution in [0.1, 0.15) is 84.6 Å². The van der Waals surface area contributed by atoms with Crippen molar-refractivity contribution in [3.63, 3.8) is 0 Å².